The standard InChI is InChI=1S/C17H15N3O4S2/c1-12-2-8-15(9-3-12)26(22,23)24-14-6-4-13(5-7-14)10-18-20-17-19-16(21)11-25-17/h2-10H,11H2,1H3,(H,19,20,21)/b18-10-. The summed E-state index contributed by atoms with van der Waals surface area (Å²) in [7, 11) is -3.87. The summed E-state index contributed by atoms with van der Waals surface area (Å²) in [5, 5.41) is 10.8. The van der Waals surface area contributed by atoms with E-state index in [1.165, 1.54) is 42.2 Å². The lowest BCUT2D eigenvalue weighted by Gasteiger charge is -2.07. The van der Waals surface area contributed by atoms with Gasteiger partial charge in [0, 0.05) is 0 Å². The van der Waals surface area contributed by atoms with Crippen LogP contribution < -0.4 is 9.50 Å². The monoisotopic (exact) mass is 389 g/mol. The van der Waals surface area contributed by atoms with Crippen LogP contribution >= 0.6 is 11.8 Å². The zero-order valence-corrected chi connectivity index (χ0v) is 15.4. The van der Waals surface area contributed by atoms with Crippen LogP contribution in [0.4, 0.5) is 0 Å². The molecule has 1 aliphatic heterocycles. The molecular formula is C17H15N3O4S2. The van der Waals surface area contributed by atoms with Gasteiger partial charge >= 0.3 is 10.1 Å². The first kappa shape index (κ1) is 18.2. The Labute approximate surface area is 155 Å². The topological polar surface area (TPSA) is 97.2 Å². The fourth-order valence-corrected chi connectivity index (χ4v) is 3.58. The van der Waals surface area contributed by atoms with Crippen LogP contribution in [0.3, 0.4) is 0 Å². The van der Waals surface area contributed by atoms with Crippen LogP contribution in [0, 0.1) is 6.92 Å². The molecule has 2 aromatic rings. The van der Waals surface area contributed by atoms with Crippen molar-refractivity contribution in [2.24, 2.45) is 10.2 Å². The van der Waals surface area contributed by atoms with Gasteiger partial charge in [-0.15, -0.1) is 5.10 Å². The van der Waals surface area contributed by atoms with Gasteiger partial charge in [-0.2, -0.15) is 13.5 Å². The van der Waals surface area contributed by atoms with Crippen molar-refractivity contribution in [2.75, 3.05) is 5.75 Å². The second-order valence-electron chi connectivity index (χ2n) is 5.41. The molecule has 26 heavy (non-hydrogen) atoms. The lowest BCUT2D eigenvalue weighted by atomic mass is 10.2. The van der Waals surface area contributed by atoms with E-state index in [0.29, 0.717) is 16.5 Å². The highest BCUT2D eigenvalue weighted by Gasteiger charge is 2.17. The van der Waals surface area contributed by atoms with Gasteiger partial charge in [0.15, 0.2) is 5.17 Å². The number of hydrogen-bond acceptors (Lipinski definition) is 7. The van der Waals surface area contributed by atoms with E-state index in [-0.39, 0.29) is 16.6 Å². The van der Waals surface area contributed by atoms with E-state index in [4.69, 9.17) is 4.18 Å². The maximum Gasteiger partial charge on any atom is 0.339 e. The Morgan fingerprint density at radius 1 is 1.12 bits per heavy atom. The van der Waals surface area contributed by atoms with E-state index in [1.54, 1.807) is 24.3 Å². The van der Waals surface area contributed by atoms with Gasteiger partial charge in [0.1, 0.15) is 10.6 Å². The molecule has 3 rings (SSSR count). The number of carbonyl (C=O) groups excluding carboxylic acids is 1. The molecule has 2 aromatic carbocycles. The van der Waals surface area contributed by atoms with Crippen LogP contribution in [0.25, 0.3) is 0 Å². The van der Waals surface area contributed by atoms with E-state index in [9.17, 15) is 13.2 Å². The largest absolute Gasteiger partial charge is 0.379 e. The average molecular weight is 389 g/mol. The molecule has 0 aromatic heterocycles. The number of nitrogens with zero attached hydrogens (tertiary/aromatic N) is 2. The molecule has 1 saturated heterocycles. The molecule has 0 saturated carbocycles. The molecule has 1 heterocycles. The molecule has 7 nitrogen and oxygen atoms in total. The maximum atomic E-state index is 12.2. The summed E-state index contributed by atoms with van der Waals surface area (Å²) in [4.78, 5) is 11.1. The molecule has 0 atom stereocenters. The van der Waals surface area contributed by atoms with E-state index in [1.807, 2.05) is 6.92 Å². The number of aryl methyl sites for hydroxylation is 1. The average Bonchev–Trinajstić information content (AvgIpc) is 3.02. The van der Waals surface area contributed by atoms with Crippen LogP contribution in [0.15, 0.2) is 63.6 Å². The SMILES string of the molecule is Cc1ccc(S(=O)(=O)Oc2ccc(/C=N\N=C3NC(=O)CS3)cc2)cc1. The molecular weight excluding hydrogens is 374 g/mol. The minimum absolute atomic E-state index is 0.0970. The number of nitrogens with one attached hydrogen (secondary N) is 1. The van der Waals surface area contributed by atoms with Crippen molar-refractivity contribution >= 4 is 39.2 Å². The first-order valence-corrected chi connectivity index (χ1v) is 9.97. The van der Waals surface area contributed by atoms with Crippen molar-refractivity contribution in [3.8, 4) is 5.75 Å². The van der Waals surface area contributed by atoms with Gasteiger partial charge in [0.25, 0.3) is 0 Å². The van der Waals surface area contributed by atoms with Crippen molar-refractivity contribution in [3.63, 3.8) is 0 Å². The Morgan fingerprint density at radius 2 is 1.81 bits per heavy atom. The highest BCUT2D eigenvalue weighted by Crippen LogP contribution is 2.19. The first-order valence-electron chi connectivity index (χ1n) is 7.57. The Bertz CT molecular complexity index is 966. The zero-order valence-electron chi connectivity index (χ0n) is 13.7. The summed E-state index contributed by atoms with van der Waals surface area (Å²) in [6, 6.07) is 12.8. The number of carbonyl (C=O) groups is 1. The van der Waals surface area contributed by atoms with Crippen molar-refractivity contribution in [2.45, 2.75) is 11.8 Å². The summed E-state index contributed by atoms with van der Waals surface area (Å²) >= 11 is 1.28. The van der Waals surface area contributed by atoms with E-state index in [2.05, 4.69) is 15.5 Å². The van der Waals surface area contributed by atoms with Crippen LogP contribution in [-0.2, 0) is 14.9 Å². The van der Waals surface area contributed by atoms with Gasteiger partial charge in [-0.05, 0) is 48.9 Å². The molecule has 9 heteroatoms. The fraction of sp³-hybridized carbons (Fsp3) is 0.118. The van der Waals surface area contributed by atoms with Gasteiger partial charge in [0.2, 0.25) is 5.91 Å². The third kappa shape index (κ3) is 4.70. The number of amidine groups is 1. The molecule has 0 aliphatic carbocycles. The number of rotatable bonds is 5. The number of thioether (sulfide) groups is 1. The van der Waals surface area contributed by atoms with Crippen LogP contribution in [-0.4, -0.2) is 31.5 Å². The van der Waals surface area contributed by atoms with E-state index >= 15 is 0 Å². The maximum absolute atomic E-state index is 12.2. The van der Waals surface area contributed by atoms with Crippen molar-refractivity contribution in [1.29, 1.82) is 0 Å². The molecule has 1 amide bonds. The third-order valence-electron chi connectivity index (χ3n) is 3.34. The lowest BCUT2D eigenvalue weighted by molar-refractivity contribution is -0.116. The number of amides is 1. The van der Waals surface area contributed by atoms with Crippen LogP contribution in [0.5, 0.6) is 5.75 Å². The smallest absolute Gasteiger partial charge is 0.339 e. The van der Waals surface area contributed by atoms with Crippen molar-refractivity contribution < 1.29 is 17.4 Å². The summed E-state index contributed by atoms with van der Waals surface area (Å²) in [5.74, 6) is 0.448. The van der Waals surface area contributed by atoms with Crippen molar-refractivity contribution in [1.82, 2.24) is 5.32 Å². The van der Waals surface area contributed by atoms with Gasteiger partial charge in [-0.3, -0.25) is 4.79 Å². The lowest BCUT2D eigenvalue weighted by Crippen LogP contribution is -2.19. The summed E-state index contributed by atoms with van der Waals surface area (Å²) < 4.78 is 29.6. The third-order valence-corrected chi connectivity index (χ3v) is 5.46. The molecule has 0 radical (unpaired) electrons. The Hall–Kier alpha value is -2.65. The van der Waals surface area contributed by atoms with Crippen molar-refractivity contribution in [3.05, 3.63) is 59.7 Å². The minimum Gasteiger partial charge on any atom is -0.379 e. The van der Waals surface area contributed by atoms with Gasteiger partial charge < -0.3 is 9.50 Å². The Morgan fingerprint density at radius 3 is 2.42 bits per heavy atom. The predicted molar refractivity (Wildman–Crippen MR) is 101 cm³/mol. The van der Waals surface area contributed by atoms with E-state index < -0.39 is 10.1 Å². The van der Waals surface area contributed by atoms with Gasteiger partial charge in [-0.1, -0.05) is 29.5 Å². The number of benzene rings is 2. The molecule has 134 valence electrons. The summed E-state index contributed by atoms with van der Waals surface area (Å²) in [6.45, 7) is 1.88. The molecule has 1 aliphatic rings. The van der Waals surface area contributed by atoms with Crippen LogP contribution in [0.1, 0.15) is 11.1 Å². The predicted octanol–water partition coefficient (Wildman–Crippen LogP) is 2.32. The molecule has 1 fully saturated rings. The second kappa shape index (κ2) is 7.71. The summed E-state index contributed by atoms with van der Waals surface area (Å²) in [6.07, 6.45) is 1.50. The fourth-order valence-electron chi connectivity index (χ4n) is 2.02. The number of hydrogen-bond donors (Lipinski definition) is 1. The normalized spacial score (nSPS) is 16.2. The molecule has 0 bridgehead atoms. The Kier molecular flexibility index (Phi) is 5.38. The highest BCUT2D eigenvalue weighted by atomic mass is 32.2. The Balaban J connectivity index is 1.66. The molecule has 1 N–H and O–H groups in total. The zero-order chi connectivity index (χ0) is 18.6. The minimum atomic E-state index is -3.87. The molecule has 0 unspecified atom stereocenters. The highest BCUT2D eigenvalue weighted by molar-refractivity contribution is 8.15. The first-order chi connectivity index (χ1) is 12.4. The molecule has 0 spiro atoms. The second-order valence-corrected chi connectivity index (χ2v) is 7.92. The van der Waals surface area contributed by atoms with Gasteiger partial charge in [0.05, 0.1) is 12.0 Å². The van der Waals surface area contributed by atoms with Gasteiger partial charge in [-0.25, -0.2) is 0 Å². The van der Waals surface area contributed by atoms with Crippen LogP contribution in [0.2, 0.25) is 0 Å². The quantitative estimate of drug-likeness (QED) is 0.481. The summed E-state index contributed by atoms with van der Waals surface area (Å²) in [5.41, 5.74) is 1.68. The van der Waals surface area contributed by atoms with E-state index in [0.717, 1.165) is 5.56 Å².